The number of hydrogen-bond donors (Lipinski definition) is 3. The summed E-state index contributed by atoms with van der Waals surface area (Å²) in [6.07, 6.45) is 5.83. The van der Waals surface area contributed by atoms with Crippen molar-refractivity contribution in [3.8, 4) is 11.1 Å². The third-order valence-electron chi connectivity index (χ3n) is 9.46. The first-order valence-electron chi connectivity index (χ1n) is 15.0. The molecule has 4 aromatic rings. The van der Waals surface area contributed by atoms with Crippen molar-refractivity contribution in [3.63, 3.8) is 0 Å². The number of nitrogens with one attached hydrogen (secondary N) is 3. The number of fused-ring (bicyclic) bond motifs is 5. The predicted molar refractivity (Wildman–Crippen MR) is 173 cm³/mol. The monoisotopic (exact) mass is 614 g/mol. The summed E-state index contributed by atoms with van der Waals surface area (Å²) >= 11 is 8.61. The number of anilines is 3. The fourth-order valence-corrected chi connectivity index (χ4v) is 8.60. The van der Waals surface area contributed by atoms with E-state index in [4.69, 9.17) is 11.6 Å². The van der Waals surface area contributed by atoms with E-state index in [2.05, 4.69) is 43.8 Å². The summed E-state index contributed by atoms with van der Waals surface area (Å²) in [6.45, 7) is 5.88. The van der Waals surface area contributed by atoms with Gasteiger partial charge in [-0.2, -0.15) is 5.10 Å². The third-order valence-corrected chi connectivity index (χ3v) is 11.2. The molecule has 3 aliphatic rings. The molecule has 1 amide bonds. The molecule has 2 aliphatic carbocycles. The van der Waals surface area contributed by atoms with Crippen LogP contribution in [0.4, 0.5) is 17.2 Å². The van der Waals surface area contributed by atoms with Crippen molar-refractivity contribution in [2.75, 3.05) is 30.8 Å². The highest BCUT2D eigenvalue weighted by molar-refractivity contribution is 7.14. The molecule has 2 atom stereocenters. The standard InChI is InChI=1S/C33H35ClN6O2S/c1-17-4-7-22(29(34)30(17)37-33(42)27-16-24-20-5-6-21(14-20)31(24)43-27)23-15-26(32(41)35-18(23)2)36-28-9-8-25(38-39-28)19-10-12-40(3)13-11-19/h4,7-9,15-16,19-21H,5-6,10-14H2,1-3H3,(H,35,41)(H,36,39)(H,37,42). The zero-order chi connectivity index (χ0) is 29.8. The molecule has 7 rings (SSSR count). The fourth-order valence-electron chi connectivity index (χ4n) is 6.95. The third kappa shape index (κ3) is 5.28. The Bertz CT molecular complexity index is 1750. The second kappa shape index (κ2) is 11.2. The van der Waals surface area contributed by atoms with E-state index >= 15 is 0 Å². The number of nitrogens with zero attached hydrogens (tertiary/aromatic N) is 3. The summed E-state index contributed by atoms with van der Waals surface area (Å²) in [6, 6.07) is 11.6. The highest BCUT2D eigenvalue weighted by Gasteiger charge is 2.39. The maximum absolute atomic E-state index is 13.4. The van der Waals surface area contributed by atoms with Gasteiger partial charge in [-0.1, -0.05) is 23.7 Å². The van der Waals surface area contributed by atoms with Gasteiger partial charge in [-0.25, -0.2) is 0 Å². The van der Waals surface area contributed by atoms with Crippen LogP contribution < -0.4 is 16.2 Å². The number of pyridine rings is 1. The molecule has 2 fully saturated rings. The summed E-state index contributed by atoms with van der Waals surface area (Å²) in [5.41, 5.74) is 6.02. The average Bonchev–Trinajstić information content (AvgIpc) is 3.73. The van der Waals surface area contributed by atoms with Gasteiger partial charge < -0.3 is 20.5 Å². The van der Waals surface area contributed by atoms with Crippen LogP contribution in [0.25, 0.3) is 11.1 Å². The van der Waals surface area contributed by atoms with Crippen molar-refractivity contribution in [1.29, 1.82) is 0 Å². The number of carbonyl (C=O) groups is 1. The Labute approximate surface area is 259 Å². The summed E-state index contributed by atoms with van der Waals surface area (Å²) in [5, 5.41) is 15.5. The number of halogens is 1. The van der Waals surface area contributed by atoms with E-state index in [0.717, 1.165) is 53.2 Å². The van der Waals surface area contributed by atoms with Gasteiger partial charge in [0.15, 0.2) is 5.82 Å². The highest BCUT2D eigenvalue weighted by Crippen LogP contribution is 2.56. The molecule has 4 heterocycles. The molecule has 0 spiro atoms. The SMILES string of the molecule is Cc1ccc(-c2cc(Nc3ccc(C4CCN(C)CC4)nn3)c(=O)[nH]c2C)c(Cl)c1NC(=O)c1cc2c(s1)C1CCC2C1. The number of thiophene rings is 1. The molecule has 2 unspecified atom stereocenters. The molecular weight excluding hydrogens is 580 g/mol. The Morgan fingerprint density at radius 3 is 2.53 bits per heavy atom. The molecule has 3 aromatic heterocycles. The maximum Gasteiger partial charge on any atom is 0.271 e. The molecule has 8 nitrogen and oxygen atoms in total. The number of H-pyrrole nitrogens is 1. The van der Waals surface area contributed by atoms with Crippen LogP contribution in [0.5, 0.6) is 0 Å². The second-order valence-corrected chi connectivity index (χ2v) is 13.8. The van der Waals surface area contributed by atoms with E-state index in [1.54, 1.807) is 17.4 Å². The molecule has 2 bridgehead atoms. The first-order chi connectivity index (χ1) is 20.7. The Morgan fingerprint density at radius 2 is 1.79 bits per heavy atom. The zero-order valence-electron chi connectivity index (χ0n) is 24.6. The number of rotatable bonds is 6. The number of hydrogen-bond acceptors (Lipinski definition) is 7. The van der Waals surface area contributed by atoms with Crippen molar-refractivity contribution < 1.29 is 4.79 Å². The lowest BCUT2D eigenvalue weighted by Gasteiger charge is -2.28. The summed E-state index contributed by atoms with van der Waals surface area (Å²) in [7, 11) is 2.14. The van der Waals surface area contributed by atoms with Crippen LogP contribution in [0.3, 0.4) is 0 Å². The smallest absolute Gasteiger partial charge is 0.271 e. The van der Waals surface area contributed by atoms with Gasteiger partial charge in [0.2, 0.25) is 0 Å². The number of amides is 1. The van der Waals surface area contributed by atoms with E-state index < -0.39 is 0 Å². The molecule has 1 aliphatic heterocycles. The quantitative estimate of drug-likeness (QED) is 0.210. The van der Waals surface area contributed by atoms with Crippen LogP contribution >= 0.6 is 22.9 Å². The number of piperidine rings is 1. The van der Waals surface area contributed by atoms with E-state index in [1.807, 2.05) is 38.1 Å². The highest BCUT2D eigenvalue weighted by atomic mass is 35.5. The van der Waals surface area contributed by atoms with Gasteiger partial charge in [0.05, 0.1) is 21.3 Å². The topological polar surface area (TPSA) is 103 Å². The van der Waals surface area contributed by atoms with Gasteiger partial charge in [-0.15, -0.1) is 16.4 Å². The van der Waals surface area contributed by atoms with Crippen molar-refractivity contribution in [2.45, 2.75) is 63.7 Å². The maximum atomic E-state index is 13.4. The van der Waals surface area contributed by atoms with Crippen LogP contribution in [0.1, 0.15) is 86.9 Å². The summed E-state index contributed by atoms with van der Waals surface area (Å²) in [5.74, 6) is 2.00. The minimum Gasteiger partial charge on any atom is -0.334 e. The molecule has 43 heavy (non-hydrogen) atoms. The van der Waals surface area contributed by atoms with E-state index in [0.29, 0.717) is 45.7 Å². The first kappa shape index (κ1) is 28.3. The Balaban J connectivity index is 1.13. The van der Waals surface area contributed by atoms with Crippen LogP contribution in [-0.4, -0.2) is 46.1 Å². The molecule has 222 valence electrons. The number of aromatic amines is 1. The predicted octanol–water partition coefficient (Wildman–Crippen LogP) is 7.33. The normalized spacial score (nSPS) is 19.9. The molecule has 0 radical (unpaired) electrons. The van der Waals surface area contributed by atoms with Crippen LogP contribution in [0, 0.1) is 13.8 Å². The lowest BCUT2D eigenvalue weighted by molar-refractivity contribution is 0.103. The lowest BCUT2D eigenvalue weighted by atomic mass is 9.94. The van der Waals surface area contributed by atoms with Gasteiger partial charge in [-0.05, 0) is 113 Å². The van der Waals surface area contributed by atoms with Crippen molar-refractivity contribution in [3.05, 3.63) is 84.0 Å². The van der Waals surface area contributed by atoms with Crippen LogP contribution in [-0.2, 0) is 0 Å². The number of carbonyl (C=O) groups excluding carboxylic acids is 1. The Hall–Kier alpha value is -3.53. The Kier molecular flexibility index (Phi) is 7.35. The van der Waals surface area contributed by atoms with Crippen molar-refractivity contribution >= 4 is 46.0 Å². The minimum atomic E-state index is -0.265. The van der Waals surface area contributed by atoms with Gasteiger partial charge in [0.25, 0.3) is 11.5 Å². The molecule has 3 N–H and O–H groups in total. The van der Waals surface area contributed by atoms with Crippen molar-refractivity contribution in [1.82, 2.24) is 20.1 Å². The van der Waals surface area contributed by atoms with Crippen molar-refractivity contribution in [2.24, 2.45) is 0 Å². The summed E-state index contributed by atoms with van der Waals surface area (Å²) in [4.78, 5) is 33.7. The second-order valence-electron chi connectivity index (χ2n) is 12.3. The fraction of sp³-hybridized carbons (Fsp3) is 0.394. The lowest BCUT2D eigenvalue weighted by Crippen LogP contribution is -2.29. The minimum absolute atomic E-state index is 0.135. The zero-order valence-corrected chi connectivity index (χ0v) is 26.2. The average molecular weight is 615 g/mol. The van der Waals surface area contributed by atoms with E-state index in [1.165, 1.54) is 29.7 Å². The van der Waals surface area contributed by atoms with Gasteiger partial charge in [0, 0.05) is 27.6 Å². The number of benzene rings is 1. The molecule has 1 saturated heterocycles. The van der Waals surface area contributed by atoms with E-state index in [9.17, 15) is 9.59 Å². The summed E-state index contributed by atoms with van der Waals surface area (Å²) < 4.78 is 0. The molecule has 10 heteroatoms. The van der Waals surface area contributed by atoms with E-state index in [-0.39, 0.29) is 11.5 Å². The van der Waals surface area contributed by atoms with Gasteiger partial charge in [-0.3, -0.25) is 9.59 Å². The first-order valence-corrected chi connectivity index (χ1v) is 16.2. The molecular formula is C33H35ClN6O2S. The van der Waals surface area contributed by atoms with Gasteiger partial charge in [0.1, 0.15) is 5.69 Å². The largest absolute Gasteiger partial charge is 0.334 e. The van der Waals surface area contributed by atoms with Gasteiger partial charge >= 0.3 is 0 Å². The Morgan fingerprint density at radius 1 is 1.00 bits per heavy atom. The van der Waals surface area contributed by atoms with Crippen LogP contribution in [0.2, 0.25) is 5.02 Å². The van der Waals surface area contributed by atoms with Crippen LogP contribution in [0.15, 0.2) is 41.2 Å². The molecule has 1 saturated carbocycles. The molecule has 1 aromatic carbocycles. The number of aromatic nitrogens is 3. The number of aryl methyl sites for hydroxylation is 2. The number of likely N-dealkylation sites (tertiary alicyclic amines) is 1.